The van der Waals surface area contributed by atoms with Crippen LogP contribution in [0.2, 0.25) is 0 Å². The molecule has 0 bridgehead atoms. The number of nitrogens with zero attached hydrogens (tertiary/aromatic N) is 1. The Bertz CT molecular complexity index is 436. The maximum atomic E-state index is 5.86. The minimum atomic E-state index is 0. The number of halogens is 1. The van der Waals surface area contributed by atoms with Gasteiger partial charge < -0.3 is 15.4 Å². The molecule has 0 unspecified atom stereocenters. The second-order valence-corrected chi connectivity index (χ2v) is 5.52. The van der Waals surface area contributed by atoms with Crippen molar-refractivity contribution in [3.05, 3.63) is 29.8 Å². The number of hydrogen-bond donors (Lipinski definition) is 2. The summed E-state index contributed by atoms with van der Waals surface area (Å²) in [6.45, 7) is 8.88. The predicted octanol–water partition coefficient (Wildman–Crippen LogP) is 3.80. The van der Waals surface area contributed by atoms with Crippen LogP contribution < -0.4 is 15.4 Å². The lowest BCUT2D eigenvalue weighted by atomic mass is 10.2. The number of ether oxygens (including phenoxy) is 1. The molecule has 0 saturated carbocycles. The van der Waals surface area contributed by atoms with Gasteiger partial charge in [-0.1, -0.05) is 45.4 Å². The summed E-state index contributed by atoms with van der Waals surface area (Å²) in [6.07, 6.45) is 2.32. The fourth-order valence-corrected chi connectivity index (χ4v) is 1.83. The zero-order valence-corrected chi connectivity index (χ0v) is 16.5. The quantitative estimate of drug-likeness (QED) is 0.292. The predicted molar refractivity (Wildman–Crippen MR) is 105 cm³/mol. The molecule has 0 fully saturated rings. The Labute approximate surface area is 152 Å². The van der Waals surface area contributed by atoms with E-state index >= 15 is 0 Å². The molecule has 0 aliphatic heterocycles. The number of hydrogen-bond acceptors (Lipinski definition) is 2. The van der Waals surface area contributed by atoms with Crippen molar-refractivity contribution in [2.75, 3.05) is 20.2 Å². The lowest BCUT2D eigenvalue weighted by Gasteiger charge is -2.15. The SMILES string of the molecule is CCCCNC(=NC)NCc1ccccc1OCC(C)C.I. The van der Waals surface area contributed by atoms with Crippen LogP contribution in [-0.2, 0) is 6.54 Å². The van der Waals surface area contributed by atoms with Gasteiger partial charge in [-0.15, -0.1) is 24.0 Å². The highest BCUT2D eigenvalue weighted by molar-refractivity contribution is 14.0. The van der Waals surface area contributed by atoms with Gasteiger partial charge >= 0.3 is 0 Å². The van der Waals surface area contributed by atoms with E-state index in [1.807, 2.05) is 18.2 Å². The zero-order chi connectivity index (χ0) is 15.5. The van der Waals surface area contributed by atoms with Gasteiger partial charge in [0.15, 0.2) is 5.96 Å². The summed E-state index contributed by atoms with van der Waals surface area (Å²) in [4.78, 5) is 4.23. The molecule has 0 aliphatic rings. The summed E-state index contributed by atoms with van der Waals surface area (Å²) >= 11 is 0. The van der Waals surface area contributed by atoms with Crippen molar-refractivity contribution in [3.8, 4) is 5.75 Å². The van der Waals surface area contributed by atoms with E-state index in [1.165, 1.54) is 6.42 Å². The topological polar surface area (TPSA) is 45.7 Å². The van der Waals surface area contributed by atoms with Crippen LogP contribution in [0, 0.1) is 5.92 Å². The van der Waals surface area contributed by atoms with Crippen molar-refractivity contribution in [2.45, 2.75) is 40.2 Å². The molecule has 126 valence electrons. The number of nitrogens with one attached hydrogen (secondary N) is 2. The van der Waals surface area contributed by atoms with E-state index in [0.29, 0.717) is 12.5 Å². The Morgan fingerprint density at radius 1 is 1.23 bits per heavy atom. The van der Waals surface area contributed by atoms with Crippen LogP contribution in [-0.4, -0.2) is 26.2 Å². The molecule has 0 aromatic heterocycles. The molecular weight excluding hydrogens is 389 g/mol. The van der Waals surface area contributed by atoms with E-state index in [2.05, 4.69) is 42.5 Å². The van der Waals surface area contributed by atoms with E-state index in [4.69, 9.17) is 4.74 Å². The summed E-state index contributed by atoms with van der Waals surface area (Å²) in [6, 6.07) is 8.15. The van der Waals surface area contributed by atoms with E-state index in [9.17, 15) is 0 Å². The first-order valence-corrected chi connectivity index (χ1v) is 7.82. The van der Waals surface area contributed by atoms with Gasteiger partial charge in [0.1, 0.15) is 5.75 Å². The molecule has 0 atom stereocenters. The Kier molecular flexibility index (Phi) is 12.0. The van der Waals surface area contributed by atoms with Crippen LogP contribution in [0.4, 0.5) is 0 Å². The summed E-state index contributed by atoms with van der Waals surface area (Å²) in [5.74, 6) is 2.30. The smallest absolute Gasteiger partial charge is 0.191 e. The van der Waals surface area contributed by atoms with Crippen LogP contribution in [0.3, 0.4) is 0 Å². The molecule has 22 heavy (non-hydrogen) atoms. The Balaban J connectivity index is 0.00000441. The number of benzene rings is 1. The highest BCUT2D eigenvalue weighted by Gasteiger charge is 2.05. The number of aliphatic imine (C=N–C) groups is 1. The van der Waals surface area contributed by atoms with Crippen molar-refractivity contribution >= 4 is 29.9 Å². The number of rotatable bonds is 8. The molecule has 0 saturated heterocycles. The van der Waals surface area contributed by atoms with E-state index in [1.54, 1.807) is 7.05 Å². The molecule has 1 aromatic carbocycles. The molecule has 2 N–H and O–H groups in total. The molecule has 0 aliphatic carbocycles. The largest absolute Gasteiger partial charge is 0.493 e. The Hall–Kier alpha value is -0.980. The van der Waals surface area contributed by atoms with Crippen LogP contribution in [0.1, 0.15) is 39.2 Å². The van der Waals surface area contributed by atoms with Gasteiger partial charge in [0, 0.05) is 25.7 Å². The van der Waals surface area contributed by atoms with Crippen LogP contribution >= 0.6 is 24.0 Å². The standard InChI is InChI=1S/C17H29N3O.HI/c1-5-6-11-19-17(18-4)20-12-15-9-7-8-10-16(15)21-13-14(2)3;/h7-10,14H,5-6,11-13H2,1-4H3,(H2,18,19,20);1H. The van der Waals surface area contributed by atoms with Crippen LogP contribution in [0.5, 0.6) is 5.75 Å². The summed E-state index contributed by atoms with van der Waals surface area (Å²) in [5.41, 5.74) is 1.15. The second-order valence-electron chi connectivity index (χ2n) is 5.52. The lowest BCUT2D eigenvalue weighted by Crippen LogP contribution is -2.37. The first-order valence-electron chi connectivity index (χ1n) is 7.82. The highest BCUT2D eigenvalue weighted by Crippen LogP contribution is 2.18. The molecule has 0 radical (unpaired) electrons. The zero-order valence-electron chi connectivity index (χ0n) is 14.2. The molecular formula is C17H30IN3O. The van der Waals surface area contributed by atoms with Gasteiger partial charge in [-0.05, 0) is 18.4 Å². The van der Waals surface area contributed by atoms with Crippen molar-refractivity contribution in [1.82, 2.24) is 10.6 Å². The maximum Gasteiger partial charge on any atom is 0.191 e. The van der Waals surface area contributed by atoms with Gasteiger partial charge in [-0.25, -0.2) is 0 Å². The number of para-hydroxylation sites is 1. The summed E-state index contributed by atoms with van der Waals surface area (Å²) < 4.78 is 5.86. The van der Waals surface area contributed by atoms with E-state index < -0.39 is 0 Å². The van der Waals surface area contributed by atoms with Gasteiger partial charge in [0.2, 0.25) is 0 Å². The van der Waals surface area contributed by atoms with Crippen molar-refractivity contribution in [3.63, 3.8) is 0 Å². The average molecular weight is 419 g/mol. The lowest BCUT2D eigenvalue weighted by molar-refractivity contribution is 0.268. The minimum Gasteiger partial charge on any atom is -0.493 e. The van der Waals surface area contributed by atoms with Crippen molar-refractivity contribution in [1.29, 1.82) is 0 Å². The second kappa shape index (κ2) is 12.6. The molecule has 5 heteroatoms. The molecule has 4 nitrogen and oxygen atoms in total. The summed E-state index contributed by atoms with van der Waals surface area (Å²) in [5, 5.41) is 6.64. The van der Waals surface area contributed by atoms with Crippen molar-refractivity contribution < 1.29 is 4.74 Å². The number of unbranched alkanes of at least 4 members (excludes halogenated alkanes) is 1. The van der Waals surface area contributed by atoms with Gasteiger partial charge in [-0.2, -0.15) is 0 Å². The molecule has 0 spiro atoms. The third kappa shape index (κ3) is 8.46. The normalized spacial score (nSPS) is 11.0. The molecule has 0 heterocycles. The average Bonchev–Trinajstić information content (AvgIpc) is 2.49. The van der Waals surface area contributed by atoms with E-state index in [0.717, 1.165) is 36.8 Å². The number of guanidine groups is 1. The minimum absolute atomic E-state index is 0. The first kappa shape index (κ1) is 21.0. The fraction of sp³-hybridized carbons (Fsp3) is 0.588. The van der Waals surface area contributed by atoms with Crippen molar-refractivity contribution in [2.24, 2.45) is 10.9 Å². The van der Waals surface area contributed by atoms with E-state index in [-0.39, 0.29) is 24.0 Å². The monoisotopic (exact) mass is 419 g/mol. The first-order chi connectivity index (χ1) is 10.2. The highest BCUT2D eigenvalue weighted by atomic mass is 127. The van der Waals surface area contributed by atoms with Gasteiger partial charge in [0.25, 0.3) is 0 Å². The fourth-order valence-electron chi connectivity index (χ4n) is 1.83. The third-order valence-corrected chi connectivity index (χ3v) is 3.04. The molecule has 0 amide bonds. The third-order valence-electron chi connectivity index (χ3n) is 3.04. The summed E-state index contributed by atoms with van der Waals surface area (Å²) in [7, 11) is 1.79. The molecule has 1 aromatic rings. The molecule has 1 rings (SSSR count). The van der Waals surface area contributed by atoms with Gasteiger partial charge in [-0.3, -0.25) is 4.99 Å². The van der Waals surface area contributed by atoms with Crippen LogP contribution in [0.15, 0.2) is 29.3 Å². The maximum absolute atomic E-state index is 5.86. The Morgan fingerprint density at radius 3 is 2.59 bits per heavy atom. The van der Waals surface area contributed by atoms with Gasteiger partial charge in [0.05, 0.1) is 6.61 Å². The van der Waals surface area contributed by atoms with Crippen LogP contribution in [0.25, 0.3) is 0 Å². The Morgan fingerprint density at radius 2 is 1.95 bits per heavy atom.